The third-order valence-corrected chi connectivity index (χ3v) is 3.98. The van der Waals surface area contributed by atoms with E-state index in [1.165, 1.54) is 24.8 Å². The van der Waals surface area contributed by atoms with Gasteiger partial charge < -0.3 is 14.8 Å². The minimum Gasteiger partial charge on any atom is -0.486 e. The Morgan fingerprint density at radius 2 is 1.94 bits per heavy atom. The topological polar surface area (TPSA) is 30.5 Å². The fraction of sp³-hybridized carbons (Fsp3) is 0.571. The second-order valence-corrected chi connectivity index (χ2v) is 5.02. The lowest BCUT2D eigenvalue weighted by atomic mass is 9.64. The molecule has 92 valence electrons. The lowest BCUT2D eigenvalue weighted by Crippen LogP contribution is -2.42. The molecule has 0 saturated heterocycles. The average Bonchev–Trinajstić information content (AvgIpc) is 2.33. The van der Waals surface area contributed by atoms with E-state index in [1.54, 1.807) is 0 Å². The molecular weight excluding hydrogens is 214 g/mol. The molecule has 1 fully saturated rings. The van der Waals surface area contributed by atoms with Gasteiger partial charge >= 0.3 is 0 Å². The fourth-order valence-electron chi connectivity index (χ4n) is 2.88. The summed E-state index contributed by atoms with van der Waals surface area (Å²) in [6.07, 6.45) is 3.87. The van der Waals surface area contributed by atoms with Gasteiger partial charge in [-0.1, -0.05) is 12.5 Å². The molecule has 0 unspecified atom stereocenters. The van der Waals surface area contributed by atoms with Gasteiger partial charge in [0.2, 0.25) is 0 Å². The maximum absolute atomic E-state index is 5.66. The molecule has 0 aromatic heterocycles. The second kappa shape index (κ2) is 4.22. The molecule has 1 aromatic carbocycles. The molecule has 0 atom stereocenters. The standard InChI is InChI=1S/C14H19NO2/c1-15-10-14(5-2-6-14)11-3-4-12-13(9-11)17-8-7-16-12/h3-4,9,15H,2,5-8,10H2,1H3. The summed E-state index contributed by atoms with van der Waals surface area (Å²) in [6.45, 7) is 2.37. The van der Waals surface area contributed by atoms with Crippen molar-refractivity contribution in [3.05, 3.63) is 23.8 Å². The van der Waals surface area contributed by atoms with Gasteiger partial charge in [0.05, 0.1) is 0 Å². The number of rotatable bonds is 3. The number of hydrogen-bond donors (Lipinski definition) is 1. The van der Waals surface area contributed by atoms with Gasteiger partial charge in [0.15, 0.2) is 11.5 Å². The summed E-state index contributed by atoms with van der Waals surface area (Å²) >= 11 is 0. The summed E-state index contributed by atoms with van der Waals surface area (Å²) in [5, 5.41) is 3.32. The summed E-state index contributed by atoms with van der Waals surface area (Å²) in [7, 11) is 2.03. The highest BCUT2D eigenvalue weighted by Crippen LogP contribution is 2.45. The number of ether oxygens (including phenoxy) is 2. The average molecular weight is 233 g/mol. The first kappa shape index (κ1) is 10.9. The van der Waals surface area contributed by atoms with E-state index in [9.17, 15) is 0 Å². The van der Waals surface area contributed by atoms with E-state index in [-0.39, 0.29) is 0 Å². The molecule has 0 bridgehead atoms. The highest BCUT2D eigenvalue weighted by atomic mass is 16.6. The van der Waals surface area contributed by atoms with Gasteiger partial charge in [0.1, 0.15) is 13.2 Å². The van der Waals surface area contributed by atoms with Gasteiger partial charge in [-0.05, 0) is 37.6 Å². The van der Waals surface area contributed by atoms with Crippen molar-refractivity contribution in [2.24, 2.45) is 0 Å². The van der Waals surface area contributed by atoms with Gasteiger partial charge in [-0.3, -0.25) is 0 Å². The molecule has 3 heteroatoms. The summed E-state index contributed by atoms with van der Waals surface area (Å²) in [5.41, 5.74) is 1.72. The zero-order valence-corrected chi connectivity index (χ0v) is 10.3. The van der Waals surface area contributed by atoms with Crippen molar-refractivity contribution in [2.45, 2.75) is 24.7 Å². The number of likely N-dealkylation sites (N-methyl/N-ethyl adjacent to an activating group) is 1. The van der Waals surface area contributed by atoms with Crippen molar-refractivity contribution in [1.82, 2.24) is 5.32 Å². The molecular formula is C14H19NO2. The maximum Gasteiger partial charge on any atom is 0.161 e. The number of hydrogen-bond acceptors (Lipinski definition) is 3. The largest absolute Gasteiger partial charge is 0.486 e. The maximum atomic E-state index is 5.66. The zero-order valence-electron chi connectivity index (χ0n) is 10.3. The quantitative estimate of drug-likeness (QED) is 0.867. The van der Waals surface area contributed by atoms with E-state index in [1.807, 2.05) is 7.05 Å². The first-order valence-electron chi connectivity index (χ1n) is 6.39. The lowest BCUT2D eigenvalue weighted by molar-refractivity contribution is 0.169. The molecule has 1 N–H and O–H groups in total. The molecule has 1 aliphatic carbocycles. The predicted molar refractivity (Wildman–Crippen MR) is 66.9 cm³/mol. The monoisotopic (exact) mass is 233 g/mol. The van der Waals surface area contributed by atoms with Crippen molar-refractivity contribution >= 4 is 0 Å². The Kier molecular flexibility index (Phi) is 2.71. The van der Waals surface area contributed by atoms with Crippen LogP contribution in [0.2, 0.25) is 0 Å². The van der Waals surface area contributed by atoms with Crippen LogP contribution in [0.1, 0.15) is 24.8 Å². The van der Waals surface area contributed by atoms with E-state index >= 15 is 0 Å². The van der Waals surface area contributed by atoms with Crippen LogP contribution in [0.4, 0.5) is 0 Å². The Hall–Kier alpha value is -1.22. The van der Waals surface area contributed by atoms with Crippen LogP contribution in [0, 0.1) is 0 Å². The first-order chi connectivity index (χ1) is 8.34. The molecule has 0 radical (unpaired) electrons. The molecule has 1 heterocycles. The van der Waals surface area contributed by atoms with Crippen molar-refractivity contribution < 1.29 is 9.47 Å². The Balaban J connectivity index is 1.92. The second-order valence-electron chi connectivity index (χ2n) is 5.02. The van der Waals surface area contributed by atoms with E-state index in [0.29, 0.717) is 18.6 Å². The van der Waals surface area contributed by atoms with Gasteiger partial charge in [-0.15, -0.1) is 0 Å². The van der Waals surface area contributed by atoms with Crippen LogP contribution in [-0.4, -0.2) is 26.8 Å². The first-order valence-corrected chi connectivity index (χ1v) is 6.39. The molecule has 1 aliphatic heterocycles. The van der Waals surface area contributed by atoms with Crippen LogP contribution in [-0.2, 0) is 5.41 Å². The summed E-state index contributed by atoms with van der Waals surface area (Å²) in [6, 6.07) is 6.43. The molecule has 2 aliphatic rings. The van der Waals surface area contributed by atoms with Crippen molar-refractivity contribution in [1.29, 1.82) is 0 Å². The van der Waals surface area contributed by atoms with E-state index in [2.05, 4.69) is 23.5 Å². The highest BCUT2D eigenvalue weighted by molar-refractivity contribution is 5.46. The van der Waals surface area contributed by atoms with Crippen LogP contribution in [0.15, 0.2) is 18.2 Å². The van der Waals surface area contributed by atoms with Gasteiger partial charge in [-0.2, -0.15) is 0 Å². The van der Waals surface area contributed by atoms with Gasteiger partial charge in [-0.25, -0.2) is 0 Å². The van der Waals surface area contributed by atoms with E-state index < -0.39 is 0 Å². The number of nitrogens with one attached hydrogen (secondary N) is 1. The van der Waals surface area contributed by atoms with Crippen LogP contribution in [0.5, 0.6) is 11.5 Å². The minimum absolute atomic E-state index is 0.324. The third kappa shape index (κ3) is 1.78. The Labute approximate surface area is 102 Å². The molecule has 0 amide bonds. The number of benzene rings is 1. The molecule has 3 nitrogen and oxygen atoms in total. The Morgan fingerprint density at radius 1 is 1.18 bits per heavy atom. The SMILES string of the molecule is CNCC1(c2ccc3c(c2)OCCO3)CCC1. The molecule has 1 aromatic rings. The fourth-order valence-corrected chi connectivity index (χ4v) is 2.88. The van der Waals surface area contributed by atoms with Crippen molar-refractivity contribution in [2.75, 3.05) is 26.8 Å². The molecule has 17 heavy (non-hydrogen) atoms. The predicted octanol–water partition coefficient (Wildman–Crippen LogP) is 2.10. The van der Waals surface area contributed by atoms with E-state index in [0.717, 1.165) is 18.0 Å². The summed E-state index contributed by atoms with van der Waals surface area (Å²) < 4.78 is 11.2. The smallest absolute Gasteiger partial charge is 0.161 e. The molecule has 1 saturated carbocycles. The van der Waals surface area contributed by atoms with Crippen LogP contribution >= 0.6 is 0 Å². The van der Waals surface area contributed by atoms with E-state index in [4.69, 9.17) is 9.47 Å². The number of fused-ring (bicyclic) bond motifs is 1. The van der Waals surface area contributed by atoms with Crippen LogP contribution < -0.4 is 14.8 Å². The minimum atomic E-state index is 0.324. The van der Waals surface area contributed by atoms with Crippen molar-refractivity contribution in [3.63, 3.8) is 0 Å². The zero-order chi connectivity index (χ0) is 11.7. The lowest BCUT2D eigenvalue weighted by Gasteiger charge is -2.42. The van der Waals surface area contributed by atoms with Gasteiger partial charge in [0.25, 0.3) is 0 Å². The highest BCUT2D eigenvalue weighted by Gasteiger charge is 2.38. The Bertz CT molecular complexity index is 413. The third-order valence-electron chi connectivity index (χ3n) is 3.98. The summed E-state index contributed by atoms with van der Waals surface area (Å²) in [4.78, 5) is 0. The Morgan fingerprint density at radius 3 is 2.59 bits per heavy atom. The summed E-state index contributed by atoms with van der Waals surface area (Å²) in [5.74, 6) is 1.80. The normalized spacial score (nSPS) is 20.8. The van der Waals surface area contributed by atoms with Gasteiger partial charge in [0, 0.05) is 12.0 Å². The molecule has 3 rings (SSSR count). The van der Waals surface area contributed by atoms with Crippen molar-refractivity contribution in [3.8, 4) is 11.5 Å². The molecule has 0 spiro atoms. The van der Waals surface area contributed by atoms with Crippen LogP contribution in [0.3, 0.4) is 0 Å². The van der Waals surface area contributed by atoms with Crippen LogP contribution in [0.25, 0.3) is 0 Å².